The van der Waals surface area contributed by atoms with Crippen molar-refractivity contribution in [3.05, 3.63) is 18.0 Å². The van der Waals surface area contributed by atoms with E-state index in [-0.39, 0.29) is 50.9 Å². The van der Waals surface area contributed by atoms with E-state index in [4.69, 9.17) is 0 Å². The maximum atomic E-state index is 13.1. The molecule has 0 N–H and O–H groups in total. The van der Waals surface area contributed by atoms with Gasteiger partial charge in [0.15, 0.2) is 0 Å². The molecule has 10 heteroatoms. The zero-order valence-corrected chi connectivity index (χ0v) is 12.6. The van der Waals surface area contributed by atoms with Crippen LogP contribution in [0, 0.1) is 5.92 Å². The van der Waals surface area contributed by atoms with Gasteiger partial charge in [0.1, 0.15) is 5.69 Å². The second-order valence-corrected chi connectivity index (χ2v) is 6.02. The molecular formula is C14H15F5N4O. The maximum Gasteiger partial charge on any atom is 0.433 e. The fourth-order valence-electron chi connectivity index (χ4n) is 2.77. The van der Waals surface area contributed by atoms with Crippen molar-refractivity contribution in [1.29, 1.82) is 0 Å². The van der Waals surface area contributed by atoms with Gasteiger partial charge < -0.3 is 9.80 Å². The SMILES string of the molecule is O=C(C1CN(c2nccc(C(F)(F)F)n2)C1)N1CCC(F)(F)CC1. The molecule has 2 saturated heterocycles. The topological polar surface area (TPSA) is 49.3 Å². The molecule has 0 saturated carbocycles. The van der Waals surface area contributed by atoms with Gasteiger partial charge in [-0.3, -0.25) is 4.79 Å². The summed E-state index contributed by atoms with van der Waals surface area (Å²) >= 11 is 0. The maximum absolute atomic E-state index is 13.1. The van der Waals surface area contributed by atoms with Gasteiger partial charge in [0, 0.05) is 45.2 Å². The molecule has 1 aromatic rings. The minimum atomic E-state index is -4.56. The van der Waals surface area contributed by atoms with Gasteiger partial charge >= 0.3 is 6.18 Å². The lowest BCUT2D eigenvalue weighted by atomic mass is 9.97. The van der Waals surface area contributed by atoms with Crippen LogP contribution in [0.25, 0.3) is 0 Å². The summed E-state index contributed by atoms with van der Waals surface area (Å²) in [7, 11) is 0. The predicted molar refractivity (Wildman–Crippen MR) is 73.5 cm³/mol. The first kappa shape index (κ1) is 16.8. The zero-order valence-electron chi connectivity index (χ0n) is 12.6. The Bertz CT molecular complexity index is 620. The molecule has 24 heavy (non-hydrogen) atoms. The molecule has 0 aromatic carbocycles. The van der Waals surface area contributed by atoms with Gasteiger partial charge in [-0.2, -0.15) is 13.2 Å². The van der Waals surface area contributed by atoms with Crippen LogP contribution in [0.3, 0.4) is 0 Å². The van der Waals surface area contributed by atoms with E-state index in [1.807, 2.05) is 0 Å². The summed E-state index contributed by atoms with van der Waals surface area (Å²) in [5, 5.41) is 0. The highest BCUT2D eigenvalue weighted by molar-refractivity contribution is 5.81. The second-order valence-electron chi connectivity index (χ2n) is 6.02. The third kappa shape index (κ3) is 3.41. The van der Waals surface area contributed by atoms with Gasteiger partial charge in [-0.1, -0.05) is 0 Å². The fourth-order valence-corrected chi connectivity index (χ4v) is 2.77. The number of anilines is 1. The number of hydrogen-bond donors (Lipinski definition) is 0. The van der Waals surface area contributed by atoms with Crippen LogP contribution in [0.4, 0.5) is 27.9 Å². The fraction of sp³-hybridized carbons (Fsp3) is 0.643. The first-order valence-corrected chi connectivity index (χ1v) is 7.47. The molecule has 2 aliphatic rings. The Balaban J connectivity index is 1.57. The van der Waals surface area contributed by atoms with E-state index < -0.39 is 23.7 Å². The molecule has 3 heterocycles. The summed E-state index contributed by atoms with van der Waals surface area (Å²) in [6.45, 7) is 0.380. The van der Waals surface area contributed by atoms with Crippen molar-refractivity contribution in [2.24, 2.45) is 5.92 Å². The molecule has 2 aliphatic heterocycles. The van der Waals surface area contributed by atoms with Crippen LogP contribution in [0.15, 0.2) is 12.3 Å². The number of piperidine rings is 1. The lowest BCUT2D eigenvalue weighted by Gasteiger charge is -2.42. The van der Waals surface area contributed by atoms with Crippen LogP contribution in [0.5, 0.6) is 0 Å². The normalized spacial score (nSPS) is 21.5. The summed E-state index contributed by atoms with van der Waals surface area (Å²) in [6, 6.07) is 0.778. The highest BCUT2D eigenvalue weighted by atomic mass is 19.4. The molecule has 132 valence electrons. The van der Waals surface area contributed by atoms with E-state index in [0.29, 0.717) is 0 Å². The van der Waals surface area contributed by atoms with Gasteiger partial charge in [0.05, 0.1) is 5.92 Å². The summed E-state index contributed by atoms with van der Waals surface area (Å²) in [4.78, 5) is 22.3. The zero-order chi connectivity index (χ0) is 17.5. The lowest BCUT2D eigenvalue weighted by Crippen LogP contribution is -2.56. The standard InChI is InChI=1S/C14H15F5N4O/c15-13(16)2-5-22(6-3-13)11(24)9-7-23(8-9)12-20-4-1-10(21-12)14(17,18)19/h1,4,9H,2-3,5-8H2. The largest absolute Gasteiger partial charge is 0.433 e. The minimum absolute atomic E-state index is 0.00237. The third-order valence-corrected chi connectivity index (χ3v) is 4.25. The van der Waals surface area contributed by atoms with Crippen molar-refractivity contribution >= 4 is 11.9 Å². The number of carbonyl (C=O) groups excluding carboxylic acids is 1. The number of rotatable bonds is 2. The molecule has 1 aromatic heterocycles. The molecule has 0 atom stereocenters. The van der Waals surface area contributed by atoms with E-state index in [9.17, 15) is 26.7 Å². The Morgan fingerprint density at radius 3 is 2.42 bits per heavy atom. The molecule has 0 bridgehead atoms. The average molecular weight is 350 g/mol. The molecule has 0 unspecified atom stereocenters. The van der Waals surface area contributed by atoms with Crippen molar-refractivity contribution in [2.75, 3.05) is 31.1 Å². The van der Waals surface area contributed by atoms with E-state index in [1.165, 1.54) is 9.80 Å². The Morgan fingerprint density at radius 1 is 1.21 bits per heavy atom. The van der Waals surface area contributed by atoms with E-state index in [2.05, 4.69) is 9.97 Å². The van der Waals surface area contributed by atoms with Crippen LogP contribution < -0.4 is 4.90 Å². The average Bonchev–Trinajstić information content (AvgIpc) is 2.45. The van der Waals surface area contributed by atoms with Crippen LogP contribution in [0.2, 0.25) is 0 Å². The van der Waals surface area contributed by atoms with Gasteiger partial charge in [0.25, 0.3) is 5.92 Å². The molecule has 2 fully saturated rings. The number of carbonyl (C=O) groups is 1. The molecule has 1 amide bonds. The van der Waals surface area contributed by atoms with Gasteiger partial charge in [0.2, 0.25) is 11.9 Å². The number of alkyl halides is 5. The van der Waals surface area contributed by atoms with Crippen molar-refractivity contribution in [3.8, 4) is 0 Å². The van der Waals surface area contributed by atoms with Gasteiger partial charge in [-0.15, -0.1) is 0 Å². The van der Waals surface area contributed by atoms with Crippen LogP contribution in [-0.2, 0) is 11.0 Å². The highest BCUT2D eigenvalue weighted by Gasteiger charge is 2.41. The quantitative estimate of drug-likeness (QED) is 0.768. The van der Waals surface area contributed by atoms with Crippen molar-refractivity contribution in [2.45, 2.75) is 24.9 Å². The Hall–Kier alpha value is -2.00. The van der Waals surface area contributed by atoms with Crippen LogP contribution in [0.1, 0.15) is 18.5 Å². The molecule has 0 aliphatic carbocycles. The van der Waals surface area contributed by atoms with Crippen molar-refractivity contribution in [3.63, 3.8) is 0 Å². The number of amides is 1. The van der Waals surface area contributed by atoms with Gasteiger partial charge in [-0.25, -0.2) is 18.7 Å². The van der Waals surface area contributed by atoms with Crippen molar-refractivity contribution in [1.82, 2.24) is 14.9 Å². The molecular weight excluding hydrogens is 335 g/mol. The number of aromatic nitrogens is 2. The summed E-state index contributed by atoms with van der Waals surface area (Å²) in [5.74, 6) is -3.48. The number of halogens is 5. The number of hydrogen-bond acceptors (Lipinski definition) is 4. The molecule has 5 nitrogen and oxygen atoms in total. The highest BCUT2D eigenvalue weighted by Crippen LogP contribution is 2.32. The molecule has 0 radical (unpaired) electrons. The van der Waals surface area contributed by atoms with E-state index in [0.717, 1.165) is 12.3 Å². The van der Waals surface area contributed by atoms with Crippen LogP contribution in [-0.4, -0.2) is 52.9 Å². The minimum Gasteiger partial charge on any atom is -0.342 e. The number of nitrogens with zero attached hydrogens (tertiary/aromatic N) is 4. The van der Waals surface area contributed by atoms with E-state index >= 15 is 0 Å². The Morgan fingerprint density at radius 2 is 1.83 bits per heavy atom. The number of likely N-dealkylation sites (tertiary alicyclic amines) is 1. The lowest BCUT2D eigenvalue weighted by molar-refractivity contribution is -0.143. The molecule has 0 spiro atoms. The smallest absolute Gasteiger partial charge is 0.342 e. The summed E-state index contributed by atoms with van der Waals surface area (Å²) < 4.78 is 64.1. The van der Waals surface area contributed by atoms with E-state index in [1.54, 1.807) is 0 Å². The Kier molecular flexibility index (Phi) is 4.08. The molecule has 3 rings (SSSR count). The second kappa shape index (κ2) is 5.82. The monoisotopic (exact) mass is 350 g/mol. The van der Waals surface area contributed by atoms with Crippen LogP contribution >= 0.6 is 0 Å². The third-order valence-electron chi connectivity index (χ3n) is 4.25. The Labute approximate surface area is 134 Å². The first-order valence-electron chi connectivity index (χ1n) is 7.47. The van der Waals surface area contributed by atoms with Gasteiger partial charge in [-0.05, 0) is 6.07 Å². The summed E-state index contributed by atoms with van der Waals surface area (Å²) in [6.07, 6.45) is -4.25. The summed E-state index contributed by atoms with van der Waals surface area (Å²) in [5.41, 5.74) is -1.04. The van der Waals surface area contributed by atoms with Crippen molar-refractivity contribution < 1.29 is 26.7 Å². The predicted octanol–water partition coefficient (Wildman–Crippen LogP) is 2.19. The first-order chi connectivity index (χ1) is 11.2.